The van der Waals surface area contributed by atoms with Crippen LogP contribution in [0, 0.1) is 0 Å². The Morgan fingerprint density at radius 3 is 2.88 bits per heavy atom. The van der Waals surface area contributed by atoms with Gasteiger partial charge in [0.2, 0.25) is 5.91 Å². The monoisotopic (exact) mass is 484 g/mol. The van der Waals surface area contributed by atoms with Crippen LogP contribution in [0.3, 0.4) is 0 Å². The first-order valence-electron chi connectivity index (χ1n) is 9.01. The Morgan fingerprint density at radius 1 is 1.44 bits per heavy atom. The van der Waals surface area contributed by atoms with Gasteiger partial charge >= 0.3 is 0 Å². The van der Waals surface area contributed by atoms with Crippen molar-refractivity contribution >= 4 is 47.6 Å². The number of thioether (sulfide) groups is 1. The molecular weight excluding hydrogens is 451 g/mol. The largest absolute Gasteiger partial charge is 0.374 e. The second-order valence-corrected chi connectivity index (χ2v) is 8.01. The predicted octanol–water partition coefficient (Wildman–Crippen LogP) is 2.08. The summed E-state index contributed by atoms with van der Waals surface area (Å²) in [5, 5.41) is 6.90. The minimum Gasteiger partial charge on any atom is -0.374 e. The number of ether oxygens (including phenoxy) is 1. The molecule has 0 aromatic heterocycles. The van der Waals surface area contributed by atoms with Crippen LogP contribution in [0.4, 0.5) is 0 Å². The van der Waals surface area contributed by atoms with Crippen molar-refractivity contribution in [1.29, 1.82) is 0 Å². The van der Waals surface area contributed by atoms with Crippen LogP contribution in [0.15, 0.2) is 4.99 Å². The van der Waals surface area contributed by atoms with Gasteiger partial charge in [-0.2, -0.15) is 11.8 Å². The third-order valence-corrected chi connectivity index (χ3v) is 5.82. The van der Waals surface area contributed by atoms with E-state index in [9.17, 15) is 4.79 Å². The van der Waals surface area contributed by atoms with Crippen molar-refractivity contribution in [2.45, 2.75) is 50.7 Å². The number of aliphatic imine (C=N–C) groups is 1. The quantitative estimate of drug-likeness (QED) is 0.262. The van der Waals surface area contributed by atoms with E-state index in [-0.39, 0.29) is 42.0 Å². The molecule has 2 N–H and O–H groups in total. The van der Waals surface area contributed by atoms with Crippen LogP contribution in [0.25, 0.3) is 0 Å². The van der Waals surface area contributed by atoms with Gasteiger partial charge < -0.3 is 20.3 Å². The molecule has 2 rings (SSSR count). The summed E-state index contributed by atoms with van der Waals surface area (Å²) in [4.78, 5) is 17.9. The molecule has 0 aromatic rings. The number of unbranched alkanes of at least 4 members (excludes halogenated alkanes) is 1. The second-order valence-electron chi connectivity index (χ2n) is 6.90. The number of nitrogens with zero attached hydrogens (tertiary/aromatic N) is 2. The maximum absolute atomic E-state index is 11.8. The highest BCUT2D eigenvalue weighted by Crippen LogP contribution is 2.38. The van der Waals surface area contributed by atoms with Crippen molar-refractivity contribution in [2.75, 3.05) is 45.3 Å². The summed E-state index contributed by atoms with van der Waals surface area (Å²) in [6.45, 7) is 4.03. The van der Waals surface area contributed by atoms with Crippen molar-refractivity contribution in [1.82, 2.24) is 15.5 Å². The molecule has 0 saturated carbocycles. The summed E-state index contributed by atoms with van der Waals surface area (Å²) in [6.07, 6.45) is 5.38. The molecule has 2 heterocycles. The van der Waals surface area contributed by atoms with E-state index >= 15 is 0 Å². The average Bonchev–Trinajstić information content (AvgIpc) is 2.99. The lowest BCUT2D eigenvalue weighted by Crippen LogP contribution is -2.51. The number of carbonyl (C=O) groups excluding carboxylic acids is 1. The summed E-state index contributed by atoms with van der Waals surface area (Å²) in [5.41, 5.74) is 0.0502. The summed E-state index contributed by atoms with van der Waals surface area (Å²) in [6, 6.07) is 0.361. The van der Waals surface area contributed by atoms with Crippen LogP contribution in [0.2, 0.25) is 0 Å². The van der Waals surface area contributed by atoms with E-state index in [0.717, 1.165) is 57.0 Å². The van der Waals surface area contributed by atoms with Gasteiger partial charge in [-0.25, -0.2) is 4.99 Å². The summed E-state index contributed by atoms with van der Waals surface area (Å²) in [5.74, 6) is 3.06. The van der Waals surface area contributed by atoms with Crippen molar-refractivity contribution in [3.05, 3.63) is 0 Å². The van der Waals surface area contributed by atoms with Crippen molar-refractivity contribution in [2.24, 2.45) is 4.99 Å². The SMILES string of the molecule is CCCCNC(=NCC(=O)N(C)C)NC1CCOC2(CCSC2)C1.I. The summed E-state index contributed by atoms with van der Waals surface area (Å²) < 4.78 is 6.08. The number of nitrogens with one attached hydrogen (secondary N) is 2. The zero-order valence-corrected chi connectivity index (χ0v) is 18.8. The van der Waals surface area contributed by atoms with Crippen LogP contribution < -0.4 is 10.6 Å². The average molecular weight is 484 g/mol. The summed E-state index contributed by atoms with van der Waals surface area (Å²) in [7, 11) is 3.52. The lowest BCUT2D eigenvalue weighted by molar-refractivity contribution is -0.127. The Kier molecular flexibility index (Phi) is 10.5. The molecule has 0 radical (unpaired) electrons. The number of hydrogen-bond donors (Lipinski definition) is 2. The molecule has 25 heavy (non-hydrogen) atoms. The molecule has 146 valence electrons. The normalized spacial score (nSPS) is 26.2. The Balaban J connectivity index is 0.00000312. The molecule has 1 spiro atoms. The van der Waals surface area contributed by atoms with Gasteiger partial charge in [0.05, 0.1) is 5.60 Å². The van der Waals surface area contributed by atoms with Gasteiger partial charge in [0.25, 0.3) is 0 Å². The molecule has 2 unspecified atom stereocenters. The lowest BCUT2D eigenvalue weighted by Gasteiger charge is -2.38. The minimum absolute atomic E-state index is 0. The molecular formula is C17H33IN4O2S. The number of amides is 1. The van der Waals surface area contributed by atoms with Crippen LogP contribution in [-0.4, -0.2) is 73.7 Å². The maximum Gasteiger partial charge on any atom is 0.243 e. The fourth-order valence-electron chi connectivity index (χ4n) is 3.03. The molecule has 0 aromatic carbocycles. The molecule has 2 aliphatic heterocycles. The highest BCUT2D eigenvalue weighted by molar-refractivity contribution is 14.0. The van der Waals surface area contributed by atoms with E-state index < -0.39 is 0 Å². The smallest absolute Gasteiger partial charge is 0.243 e. The second kappa shape index (κ2) is 11.5. The van der Waals surface area contributed by atoms with Crippen LogP contribution in [0.1, 0.15) is 39.0 Å². The molecule has 0 aliphatic carbocycles. The fraction of sp³-hybridized carbons (Fsp3) is 0.882. The first-order valence-corrected chi connectivity index (χ1v) is 10.2. The number of hydrogen-bond acceptors (Lipinski definition) is 4. The zero-order chi connectivity index (χ0) is 17.4. The lowest BCUT2D eigenvalue weighted by atomic mass is 9.90. The van der Waals surface area contributed by atoms with Gasteiger partial charge in [-0.15, -0.1) is 24.0 Å². The van der Waals surface area contributed by atoms with Gasteiger partial charge in [0.15, 0.2) is 5.96 Å². The Labute approximate surface area is 173 Å². The standard InChI is InChI=1S/C17H32N4O2S.HI/c1-4-5-8-18-16(19-12-15(22)21(2)3)20-14-6-9-23-17(11-14)7-10-24-13-17;/h14H,4-13H2,1-3H3,(H2,18,19,20);1H. The molecule has 6 nitrogen and oxygen atoms in total. The van der Waals surface area contributed by atoms with Crippen LogP contribution in [-0.2, 0) is 9.53 Å². The van der Waals surface area contributed by atoms with E-state index in [4.69, 9.17) is 4.74 Å². The zero-order valence-electron chi connectivity index (χ0n) is 15.7. The number of guanidine groups is 1. The van der Waals surface area contributed by atoms with Crippen molar-refractivity contribution < 1.29 is 9.53 Å². The fourth-order valence-corrected chi connectivity index (χ4v) is 4.41. The Hall–Kier alpha value is -0.220. The van der Waals surface area contributed by atoms with Gasteiger partial charge in [-0.3, -0.25) is 4.79 Å². The minimum atomic E-state index is 0. The molecule has 2 fully saturated rings. The predicted molar refractivity (Wildman–Crippen MR) is 116 cm³/mol. The number of rotatable bonds is 6. The third-order valence-electron chi connectivity index (χ3n) is 4.59. The number of halogens is 1. The van der Waals surface area contributed by atoms with E-state index in [2.05, 4.69) is 22.5 Å². The number of carbonyl (C=O) groups is 1. The summed E-state index contributed by atoms with van der Waals surface area (Å²) >= 11 is 1.99. The maximum atomic E-state index is 11.8. The third kappa shape index (κ3) is 7.50. The van der Waals surface area contributed by atoms with E-state index in [1.54, 1.807) is 19.0 Å². The van der Waals surface area contributed by atoms with Crippen molar-refractivity contribution in [3.8, 4) is 0 Å². The molecule has 1 amide bonds. The van der Waals surface area contributed by atoms with E-state index in [0.29, 0.717) is 6.04 Å². The van der Waals surface area contributed by atoms with Gasteiger partial charge in [0.1, 0.15) is 6.54 Å². The molecule has 2 saturated heterocycles. The van der Waals surface area contributed by atoms with Crippen LogP contribution >= 0.6 is 35.7 Å². The van der Waals surface area contributed by atoms with Crippen LogP contribution in [0.5, 0.6) is 0 Å². The Bertz CT molecular complexity index is 442. The van der Waals surface area contributed by atoms with E-state index in [1.165, 1.54) is 5.75 Å². The van der Waals surface area contributed by atoms with Crippen molar-refractivity contribution in [3.63, 3.8) is 0 Å². The molecule has 2 atom stereocenters. The van der Waals surface area contributed by atoms with Gasteiger partial charge in [0, 0.05) is 39.0 Å². The van der Waals surface area contributed by atoms with Gasteiger partial charge in [-0.05, 0) is 31.4 Å². The molecule has 2 aliphatic rings. The Morgan fingerprint density at radius 2 is 2.24 bits per heavy atom. The first kappa shape index (κ1) is 22.8. The van der Waals surface area contributed by atoms with Gasteiger partial charge in [-0.1, -0.05) is 13.3 Å². The first-order chi connectivity index (χ1) is 11.5. The van der Waals surface area contributed by atoms with E-state index in [1.807, 2.05) is 11.8 Å². The number of likely N-dealkylation sites (N-methyl/N-ethyl adjacent to an activating group) is 1. The highest BCUT2D eigenvalue weighted by Gasteiger charge is 2.40. The topological polar surface area (TPSA) is 66.0 Å². The highest BCUT2D eigenvalue weighted by atomic mass is 127. The molecule has 8 heteroatoms. The molecule has 0 bridgehead atoms.